The lowest BCUT2D eigenvalue weighted by atomic mass is 10.1. The molecule has 0 fully saturated rings. The molecular formula is C18H33BrO. The van der Waals surface area contributed by atoms with Crippen molar-refractivity contribution in [2.75, 3.05) is 11.9 Å². The monoisotopic (exact) mass is 344 g/mol. The summed E-state index contributed by atoms with van der Waals surface area (Å²) in [6.07, 6.45) is 17.5. The maximum atomic E-state index is 8.66. The number of alkyl halides is 1. The van der Waals surface area contributed by atoms with Crippen LogP contribution in [0.1, 0.15) is 89.9 Å². The van der Waals surface area contributed by atoms with Gasteiger partial charge >= 0.3 is 0 Å². The molecule has 0 aromatic carbocycles. The Kier molecular flexibility index (Phi) is 19.0. The van der Waals surface area contributed by atoms with Crippen molar-refractivity contribution in [1.29, 1.82) is 0 Å². The summed E-state index contributed by atoms with van der Waals surface area (Å²) in [7, 11) is 0. The summed E-state index contributed by atoms with van der Waals surface area (Å²) >= 11 is 3.47. The van der Waals surface area contributed by atoms with Gasteiger partial charge in [-0.2, -0.15) is 0 Å². The van der Waals surface area contributed by atoms with E-state index in [9.17, 15) is 0 Å². The molecule has 0 saturated heterocycles. The number of aliphatic hydroxyl groups excluding tert-OH is 1. The maximum Gasteiger partial charge on any atom is 0.0431 e. The van der Waals surface area contributed by atoms with Gasteiger partial charge in [0.2, 0.25) is 0 Å². The zero-order valence-corrected chi connectivity index (χ0v) is 14.7. The average Bonchev–Trinajstić information content (AvgIpc) is 2.47. The van der Waals surface area contributed by atoms with Gasteiger partial charge in [0.15, 0.2) is 0 Å². The summed E-state index contributed by atoms with van der Waals surface area (Å²) in [5.41, 5.74) is 0. The van der Waals surface area contributed by atoms with Gasteiger partial charge < -0.3 is 5.11 Å². The molecule has 0 saturated carbocycles. The summed E-state index contributed by atoms with van der Waals surface area (Å²) in [6, 6.07) is 0. The number of hydrogen-bond donors (Lipinski definition) is 1. The molecule has 1 nitrogen and oxygen atoms in total. The lowest BCUT2D eigenvalue weighted by Gasteiger charge is -1.98. The van der Waals surface area contributed by atoms with Gasteiger partial charge in [-0.3, -0.25) is 0 Å². The fourth-order valence-electron chi connectivity index (χ4n) is 2.22. The SMILES string of the molecule is OCCCCCCCCC#CCCCCCCCCBr. The quantitative estimate of drug-likeness (QED) is 0.238. The number of aliphatic hydroxyl groups is 1. The smallest absolute Gasteiger partial charge is 0.0431 e. The molecule has 0 aliphatic heterocycles. The van der Waals surface area contributed by atoms with E-state index in [1.54, 1.807) is 0 Å². The molecule has 0 unspecified atom stereocenters. The Morgan fingerprint density at radius 2 is 0.950 bits per heavy atom. The van der Waals surface area contributed by atoms with Crippen LogP contribution >= 0.6 is 15.9 Å². The van der Waals surface area contributed by atoms with Gasteiger partial charge in [0, 0.05) is 24.8 Å². The normalized spacial score (nSPS) is 10.3. The van der Waals surface area contributed by atoms with Crippen LogP contribution in [-0.4, -0.2) is 17.0 Å². The zero-order valence-electron chi connectivity index (χ0n) is 13.1. The molecule has 0 spiro atoms. The van der Waals surface area contributed by atoms with E-state index < -0.39 is 0 Å². The lowest BCUT2D eigenvalue weighted by Crippen LogP contribution is -1.83. The van der Waals surface area contributed by atoms with Gasteiger partial charge in [0.1, 0.15) is 0 Å². The van der Waals surface area contributed by atoms with Crippen molar-refractivity contribution >= 4 is 15.9 Å². The van der Waals surface area contributed by atoms with Crippen LogP contribution in [0.5, 0.6) is 0 Å². The standard InChI is InChI=1S/C18H33BrO/c19-17-15-13-11-9-7-5-3-1-2-4-6-8-10-12-14-16-18-20/h20H,3-18H2. The highest BCUT2D eigenvalue weighted by Gasteiger charge is 1.90. The molecule has 0 aromatic heterocycles. The molecule has 0 atom stereocenters. The van der Waals surface area contributed by atoms with Gasteiger partial charge in [0.25, 0.3) is 0 Å². The van der Waals surface area contributed by atoms with Crippen LogP contribution < -0.4 is 0 Å². The topological polar surface area (TPSA) is 20.2 Å². The molecule has 0 bridgehead atoms. The first kappa shape index (κ1) is 20.0. The van der Waals surface area contributed by atoms with Crippen molar-refractivity contribution in [3.8, 4) is 11.8 Å². The molecule has 0 rings (SSSR count). The summed E-state index contributed by atoms with van der Waals surface area (Å²) in [5.74, 6) is 6.61. The molecule has 0 aromatic rings. The molecule has 0 heterocycles. The summed E-state index contributed by atoms with van der Waals surface area (Å²) in [5, 5.41) is 9.81. The van der Waals surface area contributed by atoms with E-state index in [0.717, 1.165) is 24.6 Å². The Hall–Kier alpha value is 0. The summed E-state index contributed by atoms with van der Waals surface area (Å²) < 4.78 is 0. The first-order valence-corrected chi connectivity index (χ1v) is 9.66. The number of rotatable bonds is 14. The van der Waals surface area contributed by atoms with E-state index in [-0.39, 0.29) is 0 Å². The van der Waals surface area contributed by atoms with Crippen molar-refractivity contribution < 1.29 is 5.11 Å². The van der Waals surface area contributed by atoms with E-state index in [2.05, 4.69) is 27.8 Å². The molecule has 0 aliphatic rings. The highest BCUT2D eigenvalue weighted by Crippen LogP contribution is 2.08. The van der Waals surface area contributed by atoms with E-state index >= 15 is 0 Å². The van der Waals surface area contributed by atoms with Crippen LogP contribution in [-0.2, 0) is 0 Å². The van der Waals surface area contributed by atoms with Gasteiger partial charge in [-0.1, -0.05) is 67.3 Å². The third-order valence-electron chi connectivity index (χ3n) is 3.52. The van der Waals surface area contributed by atoms with Crippen LogP contribution in [0.2, 0.25) is 0 Å². The Morgan fingerprint density at radius 3 is 1.40 bits per heavy atom. The van der Waals surface area contributed by atoms with Gasteiger partial charge in [0.05, 0.1) is 0 Å². The van der Waals surface area contributed by atoms with Crippen LogP contribution in [0.15, 0.2) is 0 Å². The molecule has 0 radical (unpaired) electrons. The first-order valence-electron chi connectivity index (χ1n) is 8.54. The van der Waals surface area contributed by atoms with Gasteiger partial charge in [-0.15, -0.1) is 11.8 Å². The summed E-state index contributed by atoms with van der Waals surface area (Å²) in [6.45, 7) is 0.349. The fourth-order valence-corrected chi connectivity index (χ4v) is 2.62. The molecule has 2 heteroatoms. The van der Waals surface area contributed by atoms with Crippen molar-refractivity contribution in [2.45, 2.75) is 89.9 Å². The molecule has 118 valence electrons. The third kappa shape index (κ3) is 18.0. The Balaban J connectivity index is 3.06. The van der Waals surface area contributed by atoms with Crippen molar-refractivity contribution in [2.24, 2.45) is 0 Å². The molecule has 1 N–H and O–H groups in total. The van der Waals surface area contributed by atoms with E-state index in [4.69, 9.17) is 5.11 Å². The van der Waals surface area contributed by atoms with Crippen LogP contribution in [0.3, 0.4) is 0 Å². The van der Waals surface area contributed by atoms with Crippen molar-refractivity contribution in [3.63, 3.8) is 0 Å². The number of unbranched alkanes of at least 4 members (excludes halogenated alkanes) is 12. The second-order valence-corrected chi connectivity index (χ2v) is 6.30. The van der Waals surface area contributed by atoms with Crippen LogP contribution in [0, 0.1) is 11.8 Å². The highest BCUT2D eigenvalue weighted by atomic mass is 79.9. The first-order chi connectivity index (χ1) is 9.91. The van der Waals surface area contributed by atoms with Gasteiger partial charge in [-0.25, -0.2) is 0 Å². The number of hydrogen-bond acceptors (Lipinski definition) is 1. The van der Waals surface area contributed by atoms with E-state index in [0.29, 0.717) is 6.61 Å². The maximum absolute atomic E-state index is 8.66. The summed E-state index contributed by atoms with van der Waals surface area (Å²) in [4.78, 5) is 0. The Bertz CT molecular complexity index is 207. The average molecular weight is 345 g/mol. The molecule has 20 heavy (non-hydrogen) atoms. The largest absolute Gasteiger partial charge is 0.396 e. The van der Waals surface area contributed by atoms with E-state index in [1.165, 1.54) is 70.6 Å². The number of halogens is 1. The molecular weight excluding hydrogens is 312 g/mol. The second-order valence-electron chi connectivity index (χ2n) is 5.51. The minimum atomic E-state index is 0.349. The highest BCUT2D eigenvalue weighted by molar-refractivity contribution is 9.09. The fraction of sp³-hybridized carbons (Fsp3) is 0.889. The zero-order chi connectivity index (χ0) is 14.7. The Labute approximate surface area is 135 Å². The van der Waals surface area contributed by atoms with Gasteiger partial charge in [-0.05, 0) is 25.7 Å². The van der Waals surface area contributed by atoms with Crippen molar-refractivity contribution in [1.82, 2.24) is 0 Å². The van der Waals surface area contributed by atoms with Crippen LogP contribution in [0.4, 0.5) is 0 Å². The predicted octanol–water partition coefficient (Wildman–Crippen LogP) is 5.84. The van der Waals surface area contributed by atoms with Crippen LogP contribution in [0.25, 0.3) is 0 Å². The third-order valence-corrected chi connectivity index (χ3v) is 4.08. The lowest BCUT2D eigenvalue weighted by molar-refractivity contribution is 0.282. The minimum absolute atomic E-state index is 0.349. The Morgan fingerprint density at radius 1 is 0.550 bits per heavy atom. The molecule has 0 aliphatic carbocycles. The van der Waals surface area contributed by atoms with E-state index in [1.807, 2.05) is 0 Å². The predicted molar refractivity (Wildman–Crippen MR) is 93.3 cm³/mol. The second kappa shape index (κ2) is 19.0. The van der Waals surface area contributed by atoms with Crippen molar-refractivity contribution in [3.05, 3.63) is 0 Å². The molecule has 0 amide bonds. The minimum Gasteiger partial charge on any atom is -0.396 e.